The van der Waals surface area contributed by atoms with Crippen LogP contribution in [0.1, 0.15) is 31.4 Å². The van der Waals surface area contributed by atoms with Crippen molar-refractivity contribution in [2.24, 2.45) is 5.92 Å². The molecule has 1 saturated heterocycles. The highest BCUT2D eigenvalue weighted by Crippen LogP contribution is 2.34. The minimum Gasteiger partial charge on any atom is -0.377 e. The van der Waals surface area contributed by atoms with Crippen molar-refractivity contribution in [3.63, 3.8) is 0 Å². The van der Waals surface area contributed by atoms with Crippen LogP contribution in [0.4, 0.5) is 11.4 Å². The van der Waals surface area contributed by atoms with Crippen LogP contribution >= 0.6 is 34.8 Å². The van der Waals surface area contributed by atoms with Crippen LogP contribution in [0, 0.1) is 5.92 Å². The predicted molar refractivity (Wildman–Crippen MR) is 111 cm³/mol. The van der Waals surface area contributed by atoms with Crippen molar-refractivity contribution in [1.82, 2.24) is 0 Å². The summed E-state index contributed by atoms with van der Waals surface area (Å²) in [7, 11) is 0. The normalized spacial score (nSPS) is 16.4. The van der Waals surface area contributed by atoms with Crippen molar-refractivity contribution in [2.75, 3.05) is 23.3 Å². The smallest absolute Gasteiger partial charge is 0.123 e. The summed E-state index contributed by atoms with van der Waals surface area (Å²) in [6, 6.07) is 11.5. The Labute approximate surface area is 169 Å². The Kier molecular flexibility index (Phi) is 6.33. The van der Waals surface area contributed by atoms with E-state index in [0.29, 0.717) is 15.1 Å². The van der Waals surface area contributed by atoms with Crippen molar-refractivity contribution in [2.45, 2.75) is 25.8 Å². The highest BCUT2D eigenvalue weighted by molar-refractivity contribution is 6.35. The molecule has 0 aromatic heterocycles. The van der Waals surface area contributed by atoms with E-state index >= 15 is 0 Å². The lowest BCUT2D eigenvalue weighted by molar-refractivity contribution is -0.111. The van der Waals surface area contributed by atoms with E-state index in [1.54, 1.807) is 6.07 Å². The van der Waals surface area contributed by atoms with Crippen LogP contribution in [-0.2, 0) is 4.79 Å². The number of carbonyl (C=O) groups is 1. The standard InChI is InChI=1S/C20H21Cl3N2O/c1-13(17-4-2-15(21)10-19(17)23)24-20-11-16(3-5-18(20)22)25-8-6-14(12-26)7-9-25/h2-5,10-14,24H,6-9H2,1H3/t13-/m1/s1. The second-order valence-corrected chi connectivity index (χ2v) is 7.91. The number of halogens is 3. The molecule has 0 bridgehead atoms. The molecule has 1 N–H and O–H groups in total. The van der Waals surface area contributed by atoms with E-state index in [1.807, 2.05) is 31.2 Å². The van der Waals surface area contributed by atoms with Crippen LogP contribution in [0.5, 0.6) is 0 Å². The number of rotatable bonds is 5. The van der Waals surface area contributed by atoms with Crippen LogP contribution in [0.3, 0.4) is 0 Å². The van der Waals surface area contributed by atoms with Crippen molar-refractivity contribution >= 4 is 52.5 Å². The molecular weight excluding hydrogens is 391 g/mol. The Morgan fingerprint density at radius 2 is 1.81 bits per heavy atom. The van der Waals surface area contributed by atoms with E-state index in [0.717, 1.165) is 49.2 Å². The van der Waals surface area contributed by atoms with Gasteiger partial charge in [-0.1, -0.05) is 40.9 Å². The first kappa shape index (κ1) is 19.3. The first-order chi connectivity index (χ1) is 12.5. The van der Waals surface area contributed by atoms with Gasteiger partial charge in [0, 0.05) is 34.7 Å². The van der Waals surface area contributed by atoms with E-state index in [-0.39, 0.29) is 12.0 Å². The van der Waals surface area contributed by atoms with Crippen molar-refractivity contribution in [3.8, 4) is 0 Å². The lowest BCUT2D eigenvalue weighted by atomic mass is 9.98. The van der Waals surface area contributed by atoms with Gasteiger partial charge in [-0.15, -0.1) is 0 Å². The van der Waals surface area contributed by atoms with E-state index in [4.69, 9.17) is 34.8 Å². The predicted octanol–water partition coefficient (Wildman–Crippen LogP) is 6.24. The molecule has 2 aromatic rings. The van der Waals surface area contributed by atoms with Gasteiger partial charge in [0.25, 0.3) is 0 Å². The molecule has 0 unspecified atom stereocenters. The summed E-state index contributed by atoms with van der Waals surface area (Å²) in [5, 5.41) is 5.35. The quantitative estimate of drug-likeness (QED) is 0.591. The highest BCUT2D eigenvalue weighted by Gasteiger charge is 2.20. The zero-order valence-corrected chi connectivity index (χ0v) is 16.8. The van der Waals surface area contributed by atoms with Gasteiger partial charge in [0.2, 0.25) is 0 Å². The summed E-state index contributed by atoms with van der Waals surface area (Å²) in [4.78, 5) is 13.2. The maximum absolute atomic E-state index is 10.9. The van der Waals surface area contributed by atoms with Gasteiger partial charge >= 0.3 is 0 Å². The van der Waals surface area contributed by atoms with Gasteiger partial charge in [-0.3, -0.25) is 0 Å². The number of nitrogens with one attached hydrogen (secondary N) is 1. The fraction of sp³-hybridized carbons (Fsp3) is 0.350. The number of carbonyl (C=O) groups excluding carboxylic acids is 1. The molecule has 2 aromatic carbocycles. The Morgan fingerprint density at radius 1 is 1.08 bits per heavy atom. The fourth-order valence-electron chi connectivity index (χ4n) is 3.28. The van der Waals surface area contributed by atoms with Gasteiger partial charge in [0.1, 0.15) is 6.29 Å². The fourth-order valence-corrected chi connectivity index (χ4v) is 4.02. The zero-order chi connectivity index (χ0) is 18.7. The first-order valence-corrected chi connectivity index (χ1v) is 9.82. The van der Waals surface area contributed by atoms with E-state index in [2.05, 4.69) is 16.3 Å². The molecule has 1 fully saturated rings. The van der Waals surface area contributed by atoms with Crippen molar-refractivity contribution in [1.29, 1.82) is 0 Å². The number of nitrogens with zero attached hydrogens (tertiary/aromatic N) is 1. The topological polar surface area (TPSA) is 32.3 Å². The number of hydrogen-bond donors (Lipinski definition) is 1. The molecule has 1 aliphatic heterocycles. The largest absolute Gasteiger partial charge is 0.377 e. The van der Waals surface area contributed by atoms with E-state index < -0.39 is 0 Å². The maximum atomic E-state index is 10.9. The SMILES string of the molecule is C[C@@H](Nc1cc(N2CCC(C=O)CC2)ccc1Cl)c1ccc(Cl)cc1Cl. The third kappa shape index (κ3) is 4.46. The summed E-state index contributed by atoms with van der Waals surface area (Å²) in [6.45, 7) is 3.79. The molecule has 1 aliphatic rings. The van der Waals surface area contributed by atoms with E-state index in [1.165, 1.54) is 0 Å². The van der Waals surface area contributed by atoms with Gasteiger partial charge in [0.15, 0.2) is 0 Å². The number of piperidine rings is 1. The molecule has 6 heteroatoms. The highest BCUT2D eigenvalue weighted by atomic mass is 35.5. The van der Waals surface area contributed by atoms with Gasteiger partial charge in [0.05, 0.1) is 16.8 Å². The minimum absolute atomic E-state index is 0.0201. The van der Waals surface area contributed by atoms with E-state index in [9.17, 15) is 4.79 Å². The van der Waals surface area contributed by atoms with Gasteiger partial charge in [-0.25, -0.2) is 0 Å². The summed E-state index contributed by atoms with van der Waals surface area (Å²) in [6.07, 6.45) is 2.86. The molecule has 138 valence electrons. The summed E-state index contributed by atoms with van der Waals surface area (Å²) in [5.74, 6) is 0.184. The van der Waals surface area contributed by atoms with Gasteiger partial charge in [-0.05, 0) is 55.7 Å². The monoisotopic (exact) mass is 410 g/mol. The number of anilines is 2. The Balaban J connectivity index is 1.76. The number of benzene rings is 2. The van der Waals surface area contributed by atoms with Crippen LogP contribution in [0.15, 0.2) is 36.4 Å². The molecule has 26 heavy (non-hydrogen) atoms. The average molecular weight is 412 g/mol. The minimum atomic E-state index is -0.0201. The second kappa shape index (κ2) is 8.51. The molecule has 0 radical (unpaired) electrons. The number of aldehydes is 1. The Morgan fingerprint density at radius 3 is 2.46 bits per heavy atom. The molecular formula is C20H21Cl3N2O. The van der Waals surface area contributed by atoms with Gasteiger partial charge in [-0.2, -0.15) is 0 Å². The molecule has 1 atom stereocenters. The maximum Gasteiger partial charge on any atom is 0.123 e. The van der Waals surface area contributed by atoms with Crippen LogP contribution in [-0.4, -0.2) is 19.4 Å². The Hall–Kier alpha value is -1.42. The van der Waals surface area contributed by atoms with Crippen molar-refractivity contribution < 1.29 is 4.79 Å². The third-order valence-electron chi connectivity index (χ3n) is 4.85. The summed E-state index contributed by atoms with van der Waals surface area (Å²) >= 11 is 18.7. The zero-order valence-electron chi connectivity index (χ0n) is 14.5. The lowest BCUT2D eigenvalue weighted by Crippen LogP contribution is -2.34. The first-order valence-electron chi connectivity index (χ1n) is 8.69. The molecule has 0 saturated carbocycles. The average Bonchev–Trinajstić information content (AvgIpc) is 2.63. The summed E-state index contributed by atoms with van der Waals surface area (Å²) in [5.41, 5.74) is 2.93. The second-order valence-electron chi connectivity index (χ2n) is 6.66. The summed E-state index contributed by atoms with van der Waals surface area (Å²) < 4.78 is 0. The molecule has 0 spiro atoms. The van der Waals surface area contributed by atoms with Crippen molar-refractivity contribution in [3.05, 3.63) is 57.0 Å². The number of hydrogen-bond acceptors (Lipinski definition) is 3. The Bertz CT molecular complexity index is 789. The molecule has 3 rings (SSSR count). The lowest BCUT2D eigenvalue weighted by Gasteiger charge is -2.32. The van der Waals surface area contributed by atoms with Crippen LogP contribution in [0.2, 0.25) is 15.1 Å². The molecule has 0 aliphatic carbocycles. The third-order valence-corrected chi connectivity index (χ3v) is 5.74. The molecule has 0 amide bonds. The van der Waals surface area contributed by atoms with Gasteiger partial charge < -0.3 is 15.0 Å². The van der Waals surface area contributed by atoms with Crippen LogP contribution in [0.25, 0.3) is 0 Å². The molecule has 1 heterocycles. The molecule has 3 nitrogen and oxygen atoms in total. The van der Waals surface area contributed by atoms with Crippen LogP contribution < -0.4 is 10.2 Å².